The summed E-state index contributed by atoms with van der Waals surface area (Å²) in [6.45, 7) is 5.66. The van der Waals surface area contributed by atoms with Gasteiger partial charge >= 0.3 is 0 Å². The Morgan fingerprint density at radius 1 is 1.15 bits per heavy atom. The quantitative estimate of drug-likeness (QED) is 0.878. The van der Waals surface area contributed by atoms with Gasteiger partial charge in [0.15, 0.2) is 0 Å². The molecular formula is C17H22O3. The summed E-state index contributed by atoms with van der Waals surface area (Å²) in [6, 6.07) is 11.8. The molecule has 0 radical (unpaired) electrons. The van der Waals surface area contributed by atoms with Gasteiger partial charge in [-0.1, -0.05) is 36.4 Å². The van der Waals surface area contributed by atoms with Crippen molar-refractivity contribution in [2.24, 2.45) is 0 Å². The molecule has 2 aromatic rings. The van der Waals surface area contributed by atoms with E-state index in [2.05, 4.69) is 0 Å². The van der Waals surface area contributed by atoms with Gasteiger partial charge in [-0.3, -0.25) is 0 Å². The third-order valence-electron chi connectivity index (χ3n) is 3.32. The second kappa shape index (κ2) is 5.81. The first-order valence-corrected chi connectivity index (χ1v) is 6.93. The third-order valence-corrected chi connectivity index (χ3v) is 3.32. The Hall–Kier alpha value is -1.58. The first-order valence-electron chi connectivity index (χ1n) is 6.93. The molecule has 0 aliphatic carbocycles. The number of aliphatic hydroxyl groups excluding tert-OH is 1. The predicted octanol–water partition coefficient (Wildman–Crippen LogP) is 3.43. The number of benzene rings is 2. The van der Waals surface area contributed by atoms with Gasteiger partial charge in [0.2, 0.25) is 0 Å². The van der Waals surface area contributed by atoms with Crippen molar-refractivity contribution in [1.82, 2.24) is 0 Å². The van der Waals surface area contributed by atoms with Crippen LogP contribution in [-0.2, 0) is 0 Å². The van der Waals surface area contributed by atoms with Gasteiger partial charge in [0.25, 0.3) is 0 Å². The second-order valence-electron chi connectivity index (χ2n) is 5.79. The Bertz CT molecular complexity index is 582. The molecule has 20 heavy (non-hydrogen) atoms. The molecule has 2 N–H and O–H groups in total. The average Bonchev–Trinajstić information content (AvgIpc) is 2.37. The molecule has 0 aromatic heterocycles. The van der Waals surface area contributed by atoms with Crippen LogP contribution in [0, 0.1) is 0 Å². The van der Waals surface area contributed by atoms with E-state index in [9.17, 15) is 10.2 Å². The SMILES string of the molecule is C[C@H](O)c1ccc2ccccc2c1OCCC(C)(C)O. The molecule has 1 atom stereocenters. The van der Waals surface area contributed by atoms with Crippen LogP contribution in [0.15, 0.2) is 36.4 Å². The maximum Gasteiger partial charge on any atom is 0.132 e. The van der Waals surface area contributed by atoms with E-state index in [1.165, 1.54) is 0 Å². The van der Waals surface area contributed by atoms with Crippen molar-refractivity contribution in [3.63, 3.8) is 0 Å². The molecule has 0 aliphatic heterocycles. The van der Waals surface area contributed by atoms with Gasteiger partial charge in [0, 0.05) is 17.4 Å². The Morgan fingerprint density at radius 2 is 1.85 bits per heavy atom. The minimum Gasteiger partial charge on any atom is -0.492 e. The maximum absolute atomic E-state index is 9.89. The first kappa shape index (κ1) is 14.8. The van der Waals surface area contributed by atoms with Crippen molar-refractivity contribution in [3.8, 4) is 5.75 Å². The van der Waals surface area contributed by atoms with E-state index >= 15 is 0 Å². The van der Waals surface area contributed by atoms with Gasteiger partial charge in [0.05, 0.1) is 18.3 Å². The largest absolute Gasteiger partial charge is 0.492 e. The van der Waals surface area contributed by atoms with Crippen LogP contribution in [0.4, 0.5) is 0 Å². The van der Waals surface area contributed by atoms with Crippen molar-refractivity contribution < 1.29 is 14.9 Å². The Morgan fingerprint density at radius 3 is 2.50 bits per heavy atom. The number of fused-ring (bicyclic) bond motifs is 1. The van der Waals surface area contributed by atoms with E-state index in [4.69, 9.17) is 4.74 Å². The van der Waals surface area contributed by atoms with Gasteiger partial charge in [-0.15, -0.1) is 0 Å². The fraction of sp³-hybridized carbons (Fsp3) is 0.412. The Kier molecular flexibility index (Phi) is 4.31. The van der Waals surface area contributed by atoms with E-state index in [1.807, 2.05) is 36.4 Å². The summed E-state index contributed by atoms with van der Waals surface area (Å²) in [6.07, 6.45) is -0.0492. The van der Waals surface area contributed by atoms with Crippen LogP contribution in [0.5, 0.6) is 5.75 Å². The normalized spacial score (nSPS) is 13.4. The lowest BCUT2D eigenvalue weighted by Crippen LogP contribution is -2.22. The lowest BCUT2D eigenvalue weighted by Gasteiger charge is -2.20. The second-order valence-corrected chi connectivity index (χ2v) is 5.79. The van der Waals surface area contributed by atoms with E-state index in [1.54, 1.807) is 20.8 Å². The number of hydrogen-bond acceptors (Lipinski definition) is 3. The van der Waals surface area contributed by atoms with E-state index in [0.29, 0.717) is 18.8 Å². The van der Waals surface area contributed by atoms with Crippen LogP contribution in [0.25, 0.3) is 10.8 Å². The zero-order chi connectivity index (χ0) is 14.8. The third kappa shape index (κ3) is 3.50. The van der Waals surface area contributed by atoms with Crippen molar-refractivity contribution >= 4 is 10.8 Å². The van der Waals surface area contributed by atoms with E-state index < -0.39 is 11.7 Å². The number of ether oxygens (including phenoxy) is 1. The molecule has 2 aromatic carbocycles. The molecule has 0 amide bonds. The van der Waals surface area contributed by atoms with Crippen molar-refractivity contribution in [2.45, 2.75) is 38.9 Å². The van der Waals surface area contributed by atoms with Crippen LogP contribution in [0.1, 0.15) is 38.9 Å². The Labute approximate surface area is 119 Å². The van der Waals surface area contributed by atoms with Crippen molar-refractivity contribution in [1.29, 1.82) is 0 Å². The zero-order valence-electron chi connectivity index (χ0n) is 12.3. The van der Waals surface area contributed by atoms with Crippen LogP contribution in [0.3, 0.4) is 0 Å². The Balaban J connectivity index is 2.35. The average molecular weight is 274 g/mol. The predicted molar refractivity (Wildman–Crippen MR) is 81.0 cm³/mol. The molecule has 0 bridgehead atoms. The summed E-state index contributed by atoms with van der Waals surface area (Å²) in [5.74, 6) is 0.711. The highest BCUT2D eigenvalue weighted by Crippen LogP contribution is 2.33. The summed E-state index contributed by atoms with van der Waals surface area (Å²) >= 11 is 0. The zero-order valence-corrected chi connectivity index (χ0v) is 12.3. The van der Waals surface area contributed by atoms with Gasteiger partial charge in [0.1, 0.15) is 5.75 Å². The molecule has 0 spiro atoms. The number of rotatable bonds is 5. The summed E-state index contributed by atoms with van der Waals surface area (Å²) < 4.78 is 5.87. The lowest BCUT2D eigenvalue weighted by molar-refractivity contribution is 0.0550. The van der Waals surface area contributed by atoms with Crippen molar-refractivity contribution in [2.75, 3.05) is 6.61 Å². The molecule has 0 saturated heterocycles. The summed E-state index contributed by atoms with van der Waals surface area (Å²) in [7, 11) is 0. The van der Waals surface area contributed by atoms with Gasteiger partial charge in [-0.25, -0.2) is 0 Å². The topological polar surface area (TPSA) is 49.7 Å². The summed E-state index contributed by atoms with van der Waals surface area (Å²) in [5.41, 5.74) is 0.0229. The number of aliphatic hydroxyl groups is 2. The van der Waals surface area contributed by atoms with Crippen LogP contribution < -0.4 is 4.74 Å². The molecule has 2 rings (SSSR count). The van der Waals surface area contributed by atoms with Gasteiger partial charge < -0.3 is 14.9 Å². The molecule has 0 unspecified atom stereocenters. The van der Waals surface area contributed by atoms with Crippen molar-refractivity contribution in [3.05, 3.63) is 42.0 Å². The lowest BCUT2D eigenvalue weighted by atomic mass is 10.0. The van der Waals surface area contributed by atoms with Gasteiger partial charge in [-0.2, -0.15) is 0 Å². The first-order chi connectivity index (χ1) is 9.38. The number of hydrogen-bond donors (Lipinski definition) is 2. The maximum atomic E-state index is 9.89. The highest BCUT2D eigenvalue weighted by molar-refractivity contribution is 5.89. The summed E-state index contributed by atoms with van der Waals surface area (Å²) in [4.78, 5) is 0. The molecule has 3 nitrogen and oxygen atoms in total. The molecule has 108 valence electrons. The minimum absolute atomic E-state index is 0.414. The summed E-state index contributed by atoms with van der Waals surface area (Å²) in [5, 5.41) is 21.7. The van der Waals surface area contributed by atoms with Crippen LogP contribution in [0.2, 0.25) is 0 Å². The highest BCUT2D eigenvalue weighted by atomic mass is 16.5. The molecule has 0 saturated carbocycles. The fourth-order valence-corrected chi connectivity index (χ4v) is 2.15. The minimum atomic E-state index is -0.754. The molecule has 0 heterocycles. The molecular weight excluding hydrogens is 252 g/mol. The monoisotopic (exact) mass is 274 g/mol. The van der Waals surface area contributed by atoms with E-state index in [-0.39, 0.29) is 0 Å². The molecule has 0 aliphatic rings. The van der Waals surface area contributed by atoms with E-state index in [0.717, 1.165) is 16.3 Å². The smallest absolute Gasteiger partial charge is 0.132 e. The standard InChI is InChI=1S/C17H22O3/c1-12(18)14-9-8-13-6-4-5-7-15(13)16(14)20-11-10-17(2,3)19/h4-9,12,18-19H,10-11H2,1-3H3/t12-/m0/s1. The molecule has 0 fully saturated rings. The van der Waals surface area contributed by atoms with Crippen LogP contribution in [-0.4, -0.2) is 22.4 Å². The van der Waals surface area contributed by atoms with Crippen LogP contribution >= 0.6 is 0 Å². The fourth-order valence-electron chi connectivity index (χ4n) is 2.15. The highest BCUT2D eigenvalue weighted by Gasteiger charge is 2.16. The molecule has 3 heteroatoms. The van der Waals surface area contributed by atoms with Gasteiger partial charge in [-0.05, 0) is 26.2 Å².